The first-order chi connectivity index (χ1) is 14.2. The molecule has 0 spiro atoms. The SMILES string of the molecule is COc1ccc(C2=NS(=O)(=O)N(C)C(C(=O)Nc3ccc(C)c(Cl)c3)=C2)cc1OC. The smallest absolute Gasteiger partial charge is 0.345 e. The minimum Gasteiger partial charge on any atom is -0.493 e. The Morgan fingerprint density at radius 3 is 2.43 bits per heavy atom. The van der Waals surface area contributed by atoms with Crippen molar-refractivity contribution in [2.24, 2.45) is 4.40 Å². The number of aryl methyl sites for hydroxylation is 1. The third-order valence-electron chi connectivity index (χ3n) is 4.51. The third-order valence-corrected chi connectivity index (χ3v) is 6.24. The van der Waals surface area contributed by atoms with E-state index in [1.54, 1.807) is 36.4 Å². The quantitative estimate of drug-likeness (QED) is 0.756. The van der Waals surface area contributed by atoms with Crippen molar-refractivity contribution >= 4 is 39.1 Å². The lowest BCUT2D eigenvalue weighted by atomic mass is 10.1. The second-order valence-electron chi connectivity index (χ2n) is 6.44. The van der Waals surface area contributed by atoms with E-state index in [1.807, 2.05) is 6.92 Å². The molecule has 0 saturated carbocycles. The number of halogens is 1. The Hall–Kier alpha value is -3.04. The van der Waals surface area contributed by atoms with Gasteiger partial charge in [-0.25, -0.2) is 4.31 Å². The number of likely N-dealkylation sites (N-methyl/N-ethyl adjacent to an activating group) is 1. The van der Waals surface area contributed by atoms with E-state index in [0.717, 1.165) is 9.87 Å². The van der Waals surface area contributed by atoms with Gasteiger partial charge in [-0.15, -0.1) is 4.40 Å². The molecule has 0 radical (unpaired) electrons. The number of anilines is 1. The maximum atomic E-state index is 12.8. The lowest BCUT2D eigenvalue weighted by molar-refractivity contribution is -0.113. The zero-order valence-electron chi connectivity index (χ0n) is 16.8. The Morgan fingerprint density at radius 2 is 1.80 bits per heavy atom. The standard InChI is InChI=1S/C20H20ClN3O5S/c1-12-5-7-14(10-15(12)21)22-20(25)17-11-16(23-30(26,27)24(17)2)13-6-8-18(28-3)19(9-13)29-4/h5-11H,1-4H3,(H,22,25). The van der Waals surface area contributed by atoms with Gasteiger partial charge < -0.3 is 14.8 Å². The normalized spacial score (nSPS) is 15.2. The molecule has 0 fully saturated rings. The molecule has 158 valence electrons. The molecule has 1 aliphatic heterocycles. The van der Waals surface area contributed by atoms with Crippen LogP contribution in [0.1, 0.15) is 11.1 Å². The Kier molecular flexibility index (Phi) is 6.04. The molecule has 8 nitrogen and oxygen atoms in total. The predicted molar refractivity (Wildman–Crippen MR) is 116 cm³/mol. The second kappa shape index (κ2) is 8.37. The first-order valence-corrected chi connectivity index (χ1v) is 10.5. The monoisotopic (exact) mass is 449 g/mol. The molecule has 0 saturated heterocycles. The van der Waals surface area contributed by atoms with Gasteiger partial charge in [-0.05, 0) is 48.9 Å². The zero-order chi connectivity index (χ0) is 22.1. The van der Waals surface area contributed by atoms with E-state index >= 15 is 0 Å². The van der Waals surface area contributed by atoms with Crippen molar-refractivity contribution < 1.29 is 22.7 Å². The molecule has 1 N–H and O–H groups in total. The summed E-state index contributed by atoms with van der Waals surface area (Å²) in [6.45, 7) is 1.84. The van der Waals surface area contributed by atoms with Gasteiger partial charge in [0.2, 0.25) is 0 Å². The highest BCUT2D eigenvalue weighted by molar-refractivity contribution is 7.88. The van der Waals surface area contributed by atoms with Crippen LogP contribution >= 0.6 is 11.6 Å². The Bertz CT molecular complexity index is 1170. The van der Waals surface area contributed by atoms with Crippen LogP contribution in [-0.2, 0) is 15.0 Å². The van der Waals surface area contributed by atoms with Gasteiger partial charge in [-0.3, -0.25) is 4.79 Å². The Labute approximate surface area is 180 Å². The Balaban J connectivity index is 1.99. The number of hydrogen-bond donors (Lipinski definition) is 1. The van der Waals surface area contributed by atoms with Crippen LogP contribution in [0, 0.1) is 6.92 Å². The number of rotatable bonds is 5. The van der Waals surface area contributed by atoms with Crippen molar-refractivity contribution in [3.8, 4) is 11.5 Å². The van der Waals surface area contributed by atoms with Gasteiger partial charge in [0.1, 0.15) is 5.70 Å². The lowest BCUT2D eigenvalue weighted by Crippen LogP contribution is -2.35. The van der Waals surface area contributed by atoms with Crippen LogP contribution in [0.4, 0.5) is 5.69 Å². The maximum Gasteiger partial charge on any atom is 0.345 e. The molecule has 1 heterocycles. The highest BCUT2D eigenvalue weighted by atomic mass is 35.5. The summed E-state index contributed by atoms with van der Waals surface area (Å²) in [6, 6.07) is 9.88. The van der Waals surface area contributed by atoms with E-state index in [4.69, 9.17) is 21.1 Å². The number of allylic oxidation sites excluding steroid dienone is 1. The van der Waals surface area contributed by atoms with Crippen molar-refractivity contribution in [1.82, 2.24) is 4.31 Å². The number of methoxy groups -OCH3 is 2. The van der Waals surface area contributed by atoms with E-state index in [9.17, 15) is 13.2 Å². The summed E-state index contributed by atoms with van der Waals surface area (Å²) in [5.41, 5.74) is 1.76. The molecule has 2 aromatic carbocycles. The summed E-state index contributed by atoms with van der Waals surface area (Å²) in [6.07, 6.45) is 1.40. The van der Waals surface area contributed by atoms with E-state index in [1.165, 1.54) is 27.3 Å². The summed E-state index contributed by atoms with van der Waals surface area (Å²) in [5.74, 6) is 0.271. The van der Waals surface area contributed by atoms with Crippen LogP contribution in [-0.4, -0.2) is 45.6 Å². The van der Waals surface area contributed by atoms with Crippen LogP contribution in [0.3, 0.4) is 0 Å². The molecule has 0 unspecified atom stereocenters. The Morgan fingerprint density at radius 1 is 1.10 bits per heavy atom. The van der Waals surface area contributed by atoms with Crippen LogP contribution in [0.2, 0.25) is 5.02 Å². The minimum atomic E-state index is -4.10. The minimum absolute atomic E-state index is 0.0912. The number of carbonyl (C=O) groups excluding carboxylic acids is 1. The second-order valence-corrected chi connectivity index (χ2v) is 8.47. The molecular formula is C20H20ClN3O5S. The summed E-state index contributed by atoms with van der Waals surface area (Å²) in [7, 11) is 0.124. The summed E-state index contributed by atoms with van der Waals surface area (Å²) < 4.78 is 40.2. The lowest BCUT2D eigenvalue weighted by Gasteiger charge is -2.24. The van der Waals surface area contributed by atoms with Gasteiger partial charge in [0.15, 0.2) is 11.5 Å². The summed E-state index contributed by atoms with van der Waals surface area (Å²) in [5, 5.41) is 3.15. The summed E-state index contributed by atoms with van der Waals surface area (Å²) in [4.78, 5) is 12.8. The topological polar surface area (TPSA) is 97.3 Å². The molecule has 0 atom stereocenters. The van der Waals surface area contributed by atoms with E-state index in [-0.39, 0.29) is 11.4 Å². The van der Waals surface area contributed by atoms with Crippen molar-refractivity contribution in [3.63, 3.8) is 0 Å². The molecule has 0 bridgehead atoms. The van der Waals surface area contributed by atoms with E-state index < -0.39 is 16.1 Å². The number of nitrogens with zero attached hydrogens (tertiary/aromatic N) is 2. The highest BCUT2D eigenvalue weighted by Crippen LogP contribution is 2.30. The number of carbonyl (C=O) groups is 1. The van der Waals surface area contributed by atoms with Crippen LogP contribution in [0.5, 0.6) is 11.5 Å². The van der Waals surface area contributed by atoms with Crippen LogP contribution in [0.15, 0.2) is 52.6 Å². The largest absolute Gasteiger partial charge is 0.493 e. The fourth-order valence-electron chi connectivity index (χ4n) is 2.76. The average molecular weight is 450 g/mol. The zero-order valence-corrected chi connectivity index (χ0v) is 18.3. The van der Waals surface area contributed by atoms with Crippen molar-refractivity contribution in [2.75, 3.05) is 26.6 Å². The number of benzene rings is 2. The molecule has 1 amide bonds. The third kappa shape index (κ3) is 4.27. The fourth-order valence-corrected chi connectivity index (χ4v) is 3.86. The molecule has 10 heteroatoms. The van der Waals surface area contributed by atoms with Crippen LogP contribution < -0.4 is 14.8 Å². The summed E-state index contributed by atoms with van der Waals surface area (Å²) >= 11 is 6.10. The van der Waals surface area contributed by atoms with Gasteiger partial charge in [0.05, 0.1) is 19.9 Å². The molecule has 1 aliphatic rings. The number of ether oxygens (including phenoxy) is 2. The molecule has 3 rings (SSSR count). The van der Waals surface area contributed by atoms with E-state index in [0.29, 0.717) is 27.8 Å². The predicted octanol–water partition coefficient (Wildman–Crippen LogP) is 3.17. The molecule has 30 heavy (non-hydrogen) atoms. The maximum absolute atomic E-state index is 12.8. The van der Waals surface area contributed by atoms with Gasteiger partial charge in [-0.2, -0.15) is 8.42 Å². The number of hydrogen-bond acceptors (Lipinski definition) is 5. The van der Waals surface area contributed by atoms with Gasteiger partial charge in [0.25, 0.3) is 5.91 Å². The molecule has 2 aromatic rings. The number of nitrogens with one attached hydrogen (secondary N) is 1. The van der Waals surface area contributed by atoms with Crippen molar-refractivity contribution in [3.05, 3.63) is 64.3 Å². The van der Waals surface area contributed by atoms with Crippen molar-refractivity contribution in [2.45, 2.75) is 6.92 Å². The first-order valence-electron chi connectivity index (χ1n) is 8.76. The fraction of sp³-hybridized carbons (Fsp3) is 0.200. The molecule has 0 aromatic heterocycles. The number of amides is 1. The first kappa shape index (κ1) is 21.7. The van der Waals surface area contributed by atoms with Crippen LogP contribution in [0.25, 0.3) is 0 Å². The molecule has 0 aliphatic carbocycles. The average Bonchev–Trinajstić information content (AvgIpc) is 2.71. The van der Waals surface area contributed by atoms with Gasteiger partial charge in [-0.1, -0.05) is 17.7 Å². The van der Waals surface area contributed by atoms with Gasteiger partial charge in [0, 0.05) is 23.3 Å². The van der Waals surface area contributed by atoms with Crippen molar-refractivity contribution in [1.29, 1.82) is 0 Å². The van der Waals surface area contributed by atoms with E-state index in [2.05, 4.69) is 9.71 Å². The van der Waals surface area contributed by atoms with Gasteiger partial charge >= 0.3 is 10.2 Å². The molecular weight excluding hydrogens is 430 g/mol. The highest BCUT2D eigenvalue weighted by Gasteiger charge is 2.30.